The zero-order chi connectivity index (χ0) is 24.5. The van der Waals surface area contributed by atoms with Gasteiger partial charge in [-0.15, -0.1) is 5.10 Å². The Balaban J connectivity index is 1.48. The molecule has 2 heterocycles. The summed E-state index contributed by atoms with van der Waals surface area (Å²) < 4.78 is 7.59. The lowest BCUT2D eigenvalue weighted by Crippen LogP contribution is -2.16. The molecule has 1 amide bonds. The van der Waals surface area contributed by atoms with E-state index in [1.807, 2.05) is 62.6 Å². The Kier molecular flexibility index (Phi) is 6.39. The molecule has 0 aliphatic carbocycles. The summed E-state index contributed by atoms with van der Waals surface area (Å²) in [5, 5.41) is 7.34. The molecule has 0 fully saturated rings. The monoisotopic (exact) mass is 457 g/mol. The highest BCUT2D eigenvalue weighted by Gasteiger charge is 2.15. The predicted octanol–water partition coefficient (Wildman–Crippen LogP) is 5.69. The van der Waals surface area contributed by atoms with E-state index in [-0.39, 0.29) is 17.4 Å². The van der Waals surface area contributed by atoms with E-state index < -0.39 is 0 Å². The first-order chi connectivity index (χ1) is 16.1. The third-order valence-corrected chi connectivity index (χ3v) is 5.89. The van der Waals surface area contributed by atoms with Crippen LogP contribution < -0.4 is 10.1 Å². The number of anilines is 1. The van der Waals surface area contributed by atoms with E-state index in [0.717, 1.165) is 5.56 Å². The molecule has 0 aliphatic heterocycles. The van der Waals surface area contributed by atoms with Gasteiger partial charge in [-0.2, -0.15) is 0 Å². The number of benzene rings is 2. The van der Waals surface area contributed by atoms with Crippen molar-refractivity contribution in [1.29, 1.82) is 0 Å². The van der Waals surface area contributed by atoms with Crippen LogP contribution in [0.25, 0.3) is 5.65 Å². The van der Waals surface area contributed by atoms with Crippen LogP contribution in [0.3, 0.4) is 0 Å². The second-order valence-electron chi connectivity index (χ2n) is 9.70. The molecule has 0 aliphatic rings. The summed E-state index contributed by atoms with van der Waals surface area (Å²) in [5.74, 6) is 1.36. The maximum Gasteiger partial charge on any atom is 0.256 e. The number of hydrogen-bond acceptors (Lipinski definition) is 5. The number of fused-ring (bicyclic) bond motifs is 1. The molecule has 1 atom stereocenters. The predicted molar refractivity (Wildman–Crippen MR) is 135 cm³/mol. The lowest BCUT2D eigenvalue weighted by atomic mass is 9.87. The van der Waals surface area contributed by atoms with Crippen LogP contribution in [0.15, 0.2) is 66.9 Å². The van der Waals surface area contributed by atoms with Crippen LogP contribution in [-0.2, 0) is 5.41 Å². The summed E-state index contributed by atoms with van der Waals surface area (Å²) in [5.41, 5.74) is 3.56. The number of rotatable bonds is 6. The summed E-state index contributed by atoms with van der Waals surface area (Å²) in [7, 11) is 4.09. The van der Waals surface area contributed by atoms with Gasteiger partial charge in [0.25, 0.3) is 5.91 Å². The van der Waals surface area contributed by atoms with Crippen molar-refractivity contribution in [3.8, 4) is 11.6 Å². The number of carbonyl (C=O) groups excluding carboxylic acids is 1. The van der Waals surface area contributed by atoms with E-state index in [1.165, 1.54) is 5.56 Å². The summed E-state index contributed by atoms with van der Waals surface area (Å²) >= 11 is 0. The molecule has 2 aromatic heterocycles. The minimum absolute atomic E-state index is 0.0357. The van der Waals surface area contributed by atoms with Gasteiger partial charge >= 0.3 is 0 Å². The lowest BCUT2D eigenvalue weighted by molar-refractivity contribution is 0.102. The van der Waals surface area contributed by atoms with Crippen molar-refractivity contribution in [3.63, 3.8) is 0 Å². The van der Waals surface area contributed by atoms with Gasteiger partial charge in [0.15, 0.2) is 11.5 Å². The Labute approximate surface area is 200 Å². The molecule has 0 saturated carbocycles. The molecule has 2 aromatic carbocycles. The van der Waals surface area contributed by atoms with Gasteiger partial charge in [-0.25, -0.2) is 9.50 Å². The van der Waals surface area contributed by atoms with Crippen LogP contribution >= 0.6 is 0 Å². The number of hydrogen-bond donors (Lipinski definition) is 1. The van der Waals surface area contributed by atoms with Gasteiger partial charge in [-0.1, -0.05) is 45.0 Å². The molecule has 0 spiro atoms. The van der Waals surface area contributed by atoms with Crippen LogP contribution in [0, 0.1) is 0 Å². The van der Waals surface area contributed by atoms with Gasteiger partial charge in [0.2, 0.25) is 5.88 Å². The maximum absolute atomic E-state index is 12.7. The number of imidazole rings is 1. The van der Waals surface area contributed by atoms with Gasteiger partial charge < -0.3 is 15.0 Å². The van der Waals surface area contributed by atoms with E-state index in [9.17, 15) is 4.79 Å². The highest BCUT2D eigenvalue weighted by Crippen LogP contribution is 2.26. The molecule has 0 bridgehead atoms. The summed E-state index contributed by atoms with van der Waals surface area (Å²) in [6.45, 7) is 8.57. The molecule has 7 nitrogen and oxygen atoms in total. The maximum atomic E-state index is 12.7. The quantitative estimate of drug-likeness (QED) is 0.402. The van der Waals surface area contributed by atoms with Gasteiger partial charge in [0, 0.05) is 17.7 Å². The number of nitrogens with zero attached hydrogens (tertiary/aromatic N) is 4. The Morgan fingerprint density at radius 3 is 2.47 bits per heavy atom. The average molecular weight is 458 g/mol. The molecule has 176 valence electrons. The van der Waals surface area contributed by atoms with Gasteiger partial charge in [-0.05, 0) is 67.9 Å². The second kappa shape index (κ2) is 9.27. The Morgan fingerprint density at radius 1 is 1.06 bits per heavy atom. The number of ether oxygens (including phenoxy) is 1. The highest BCUT2D eigenvalue weighted by molar-refractivity contribution is 6.03. The first kappa shape index (κ1) is 23.4. The summed E-state index contributed by atoms with van der Waals surface area (Å²) in [6, 6.07) is 19.5. The molecule has 0 radical (unpaired) electrons. The Hall–Kier alpha value is -3.71. The minimum Gasteiger partial charge on any atom is -0.438 e. The van der Waals surface area contributed by atoms with E-state index in [0.29, 0.717) is 28.7 Å². The number of nitrogens with one attached hydrogen (secondary N) is 1. The van der Waals surface area contributed by atoms with E-state index >= 15 is 0 Å². The van der Waals surface area contributed by atoms with Gasteiger partial charge in [-0.3, -0.25) is 4.79 Å². The Bertz CT molecular complexity index is 1300. The van der Waals surface area contributed by atoms with Crippen molar-refractivity contribution in [1.82, 2.24) is 19.5 Å². The van der Waals surface area contributed by atoms with Crippen molar-refractivity contribution >= 4 is 17.4 Å². The van der Waals surface area contributed by atoms with Crippen molar-refractivity contribution in [3.05, 3.63) is 83.6 Å². The van der Waals surface area contributed by atoms with Crippen LogP contribution in [-0.4, -0.2) is 39.5 Å². The molecule has 7 heteroatoms. The van der Waals surface area contributed by atoms with Crippen molar-refractivity contribution in [2.24, 2.45) is 0 Å². The number of amides is 1. The fourth-order valence-corrected chi connectivity index (χ4v) is 3.55. The van der Waals surface area contributed by atoms with Crippen LogP contribution in [0.5, 0.6) is 11.6 Å². The number of aromatic nitrogens is 3. The molecular weight excluding hydrogens is 426 g/mol. The molecule has 1 unspecified atom stereocenters. The first-order valence-corrected chi connectivity index (χ1v) is 11.3. The summed E-state index contributed by atoms with van der Waals surface area (Å²) in [6.07, 6.45) is 1.67. The third kappa shape index (κ3) is 5.26. The number of carbonyl (C=O) groups is 1. The molecular formula is C27H31N5O2. The van der Waals surface area contributed by atoms with Crippen LogP contribution in [0.1, 0.15) is 55.2 Å². The van der Waals surface area contributed by atoms with Crippen molar-refractivity contribution in [2.75, 3.05) is 19.4 Å². The fraction of sp³-hybridized carbons (Fsp3) is 0.296. The fourth-order valence-electron chi connectivity index (χ4n) is 3.55. The van der Waals surface area contributed by atoms with E-state index in [1.54, 1.807) is 16.8 Å². The second-order valence-corrected chi connectivity index (χ2v) is 9.70. The van der Waals surface area contributed by atoms with Gasteiger partial charge in [0.1, 0.15) is 5.75 Å². The zero-order valence-electron chi connectivity index (χ0n) is 20.5. The normalized spacial score (nSPS) is 12.7. The van der Waals surface area contributed by atoms with E-state index in [4.69, 9.17) is 4.74 Å². The largest absolute Gasteiger partial charge is 0.438 e. The van der Waals surface area contributed by atoms with Crippen molar-refractivity contribution < 1.29 is 9.53 Å². The molecule has 34 heavy (non-hydrogen) atoms. The van der Waals surface area contributed by atoms with Gasteiger partial charge in [0.05, 0.1) is 6.20 Å². The zero-order valence-corrected chi connectivity index (χ0v) is 20.5. The molecule has 0 saturated heterocycles. The molecule has 4 aromatic rings. The van der Waals surface area contributed by atoms with Crippen LogP contribution in [0.2, 0.25) is 0 Å². The third-order valence-electron chi connectivity index (χ3n) is 5.89. The molecule has 4 rings (SSSR count). The van der Waals surface area contributed by atoms with Crippen molar-refractivity contribution in [2.45, 2.75) is 39.2 Å². The Morgan fingerprint density at radius 2 is 1.79 bits per heavy atom. The van der Waals surface area contributed by atoms with Crippen LogP contribution in [0.4, 0.5) is 5.82 Å². The summed E-state index contributed by atoms with van der Waals surface area (Å²) in [4.78, 5) is 19.3. The standard InChI is InChI=1S/C27H31N5O2/c1-18(31(5)6)20-8-7-9-22(16-20)34-25-15-14-24-28-23(17-32(24)30-25)29-26(33)19-10-12-21(13-11-19)27(2,3)4/h7-18H,1-6H3,(H,29,33). The molecule has 1 N–H and O–H groups in total. The van der Waals surface area contributed by atoms with E-state index in [2.05, 4.69) is 54.1 Å². The average Bonchev–Trinajstić information content (AvgIpc) is 3.19. The topological polar surface area (TPSA) is 71.8 Å². The smallest absolute Gasteiger partial charge is 0.256 e. The lowest BCUT2D eigenvalue weighted by Gasteiger charge is -2.20. The minimum atomic E-state index is -0.216. The SMILES string of the molecule is CC(c1cccc(Oc2ccc3nc(NC(=O)c4ccc(C(C)(C)C)cc4)cn3n2)c1)N(C)C. The first-order valence-electron chi connectivity index (χ1n) is 11.3. The highest BCUT2D eigenvalue weighted by atomic mass is 16.5.